The van der Waals surface area contributed by atoms with Gasteiger partial charge in [0.25, 0.3) is 0 Å². The van der Waals surface area contributed by atoms with Gasteiger partial charge < -0.3 is 9.15 Å². The molecule has 0 amide bonds. The van der Waals surface area contributed by atoms with Crippen molar-refractivity contribution in [3.63, 3.8) is 0 Å². The van der Waals surface area contributed by atoms with Gasteiger partial charge in [0, 0.05) is 5.41 Å². The molecular weight excluding hydrogens is 264 g/mol. The van der Waals surface area contributed by atoms with Crippen LogP contribution in [0.25, 0.3) is 10.8 Å². The Morgan fingerprint density at radius 2 is 2.11 bits per heavy atom. The Labute approximate surface area is 115 Å². The number of thiazole rings is 1. The first-order valence-electron chi connectivity index (χ1n) is 5.85. The molecule has 0 atom stereocenters. The fourth-order valence-corrected chi connectivity index (χ4v) is 2.33. The van der Waals surface area contributed by atoms with Crippen molar-refractivity contribution >= 4 is 17.3 Å². The lowest BCUT2D eigenvalue weighted by molar-refractivity contribution is 0.0562. The van der Waals surface area contributed by atoms with Crippen LogP contribution in [0.1, 0.15) is 42.0 Å². The Balaban J connectivity index is 2.54. The van der Waals surface area contributed by atoms with Crippen LogP contribution >= 0.6 is 11.3 Å². The molecule has 102 valence electrons. The second-order valence-electron chi connectivity index (χ2n) is 5.18. The summed E-state index contributed by atoms with van der Waals surface area (Å²) in [5, 5.41) is 0.921. The zero-order chi connectivity index (χ0) is 14.2. The van der Waals surface area contributed by atoms with Crippen molar-refractivity contribution < 1.29 is 13.9 Å². The van der Waals surface area contributed by atoms with Gasteiger partial charge in [-0.15, -0.1) is 11.3 Å². The first kappa shape index (κ1) is 13.7. The number of nitrogens with zero attached hydrogens (tertiary/aromatic N) is 2. The van der Waals surface area contributed by atoms with Crippen molar-refractivity contribution in [2.24, 2.45) is 0 Å². The predicted molar refractivity (Wildman–Crippen MR) is 72.4 cm³/mol. The van der Waals surface area contributed by atoms with E-state index >= 15 is 0 Å². The van der Waals surface area contributed by atoms with Gasteiger partial charge in [-0.25, -0.2) is 14.8 Å². The largest absolute Gasteiger partial charge is 0.463 e. The molecule has 0 bridgehead atoms. The van der Waals surface area contributed by atoms with E-state index in [0.29, 0.717) is 11.6 Å². The number of ether oxygens (including phenoxy) is 1. The lowest BCUT2D eigenvalue weighted by Gasteiger charge is -2.15. The number of carbonyl (C=O) groups excluding carboxylic acids is 1. The SMILES string of the molecule is COC(=O)c1oc(-c2cnc(C)s2)nc1C(C)(C)C. The molecule has 0 N–H and O–H groups in total. The highest BCUT2D eigenvalue weighted by molar-refractivity contribution is 7.14. The van der Waals surface area contributed by atoms with E-state index < -0.39 is 5.97 Å². The summed E-state index contributed by atoms with van der Waals surface area (Å²) in [5.41, 5.74) is 0.297. The Bertz CT molecular complexity index is 608. The second-order valence-corrected chi connectivity index (χ2v) is 6.42. The van der Waals surface area contributed by atoms with Crippen molar-refractivity contribution in [1.29, 1.82) is 0 Å². The van der Waals surface area contributed by atoms with E-state index in [2.05, 4.69) is 9.97 Å². The van der Waals surface area contributed by atoms with Crippen LogP contribution in [0.2, 0.25) is 0 Å². The Morgan fingerprint density at radius 1 is 1.42 bits per heavy atom. The molecule has 0 fully saturated rings. The number of esters is 1. The molecule has 0 radical (unpaired) electrons. The zero-order valence-corrected chi connectivity index (χ0v) is 12.4. The van der Waals surface area contributed by atoms with Crippen LogP contribution in [0.5, 0.6) is 0 Å². The molecule has 2 aromatic heterocycles. The van der Waals surface area contributed by atoms with Gasteiger partial charge >= 0.3 is 5.97 Å². The molecule has 0 aliphatic rings. The lowest BCUT2D eigenvalue weighted by Crippen LogP contribution is -2.17. The van der Waals surface area contributed by atoms with Gasteiger partial charge in [0.15, 0.2) is 0 Å². The highest BCUT2D eigenvalue weighted by Crippen LogP contribution is 2.32. The van der Waals surface area contributed by atoms with Crippen molar-refractivity contribution in [2.45, 2.75) is 33.1 Å². The molecule has 2 aromatic rings. The van der Waals surface area contributed by atoms with Crippen LogP contribution in [0.4, 0.5) is 0 Å². The summed E-state index contributed by atoms with van der Waals surface area (Å²) in [6.45, 7) is 7.82. The maximum absolute atomic E-state index is 11.8. The average Bonchev–Trinajstić information content (AvgIpc) is 2.92. The summed E-state index contributed by atoms with van der Waals surface area (Å²) in [5.74, 6) is 0.0666. The topological polar surface area (TPSA) is 65.2 Å². The number of hydrogen-bond acceptors (Lipinski definition) is 6. The van der Waals surface area contributed by atoms with Crippen LogP contribution in [0, 0.1) is 6.92 Å². The van der Waals surface area contributed by atoms with Gasteiger partial charge in [0.1, 0.15) is 10.6 Å². The maximum Gasteiger partial charge on any atom is 0.376 e. The molecule has 6 heteroatoms. The highest BCUT2D eigenvalue weighted by Gasteiger charge is 2.30. The molecule has 2 heterocycles. The lowest BCUT2D eigenvalue weighted by atomic mass is 9.91. The van der Waals surface area contributed by atoms with Gasteiger partial charge in [-0.05, 0) is 6.92 Å². The number of aryl methyl sites for hydroxylation is 1. The Hall–Kier alpha value is -1.69. The minimum Gasteiger partial charge on any atom is -0.463 e. The summed E-state index contributed by atoms with van der Waals surface area (Å²) in [7, 11) is 1.33. The number of hydrogen-bond donors (Lipinski definition) is 0. The third-order valence-electron chi connectivity index (χ3n) is 2.54. The normalized spacial score (nSPS) is 11.6. The van der Waals surface area contributed by atoms with Gasteiger partial charge in [-0.1, -0.05) is 20.8 Å². The fourth-order valence-electron chi connectivity index (χ4n) is 1.63. The molecule has 0 aliphatic heterocycles. The van der Waals surface area contributed by atoms with Crippen molar-refractivity contribution in [3.8, 4) is 10.8 Å². The number of carbonyl (C=O) groups is 1. The first-order chi connectivity index (χ1) is 8.82. The predicted octanol–water partition coefficient (Wildman–Crippen LogP) is 3.19. The van der Waals surface area contributed by atoms with Gasteiger partial charge in [-0.2, -0.15) is 0 Å². The molecule has 0 aromatic carbocycles. The van der Waals surface area contributed by atoms with Crippen LogP contribution in [-0.2, 0) is 10.2 Å². The van der Waals surface area contributed by atoms with E-state index in [1.165, 1.54) is 18.4 Å². The summed E-state index contributed by atoms with van der Waals surface area (Å²) in [6, 6.07) is 0. The van der Waals surface area contributed by atoms with Crippen LogP contribution in [-0.4, -0.2) is 23.0 Å². The zero-order valence-electron chi connectivity index (χ0n) is 11.6. The minimum absolute atomic E-state index is 0.163. The molecule has 2 rings (SSSR count). The molecule has 0 saturated heterocycles. The summed E-state index contributed by atoms with van der Waals surface area (Å²) >= 11 is 1.47. The van der Waals surface area contributed by atoms with Gasteiger partial charge in [0.2, 0.25) is 11.7 Å². The van der Waals surface area contributed by atoms with E-state index in [-0.39, 0.29) is 11.2 Å². The Morgan fingerprint density at radius 3 is 2.58 bits per heavy atom. The molecule has 0 aliphatic carbocycles. The Kier molecular flexibility index (Phi) is 3.45. The van der Waals surface area contributed by atoms with E-state index in [9.17, 15) is 4.79 Å². The molecule has 19 heavy (non-hydrogen) atoms. The van der Waals surface area contributed by atoms with E-state index in [0.717, 1.165) is 9.88 Å². The summed E-state index contributed by atoms with van der Waals surface area (Å²) in [6.07, 6.45) is 1.69. The number of oxazole rings is 1. The van der Waals surface area contributed by atoms with Crippen molar-refractivity contribution in [2.75, 3.05) is 7.11 Å². The molecule has 0 saturated carbocycles. The summed E-state index contributed by atoms with van der Waals surface area (Å²) < 4.78 is 10.3. The third kappa shape index (κ3) is 2.68. The molecule has 0 spiro atoms. The van der Waals surface area contributed by atoms with Crippen molar-refractivity contribution in [3.05, 3.63) is 22.7 Å². The molecule has 5 nitrogen and oxygen atoms in total. The smallest absolute Gasteiger partial charge is 0.376 e. The van der Waals surface area contributed by atoms with Gasteiger partial charge in [-0.3, -0.25) is 0 Å². The van der Waals surface area contributed by atoms with E-state index in [4.69, 9.17) is 9.15 Å². The average molecular weight is 280 g/mol. The van der Waals surface area contributed by atoms with Crippen LogP contribution < -0.4 is 0 Å². The molecular formula is C13H16N2O3S. The minimum atomic E-state index is -0.509. The third-order valence-corrected chi connectivity index (χ3v) is 3.44. The number of rotatable bonds is 2. The number of aromatic nitrogens is 2. The molecule has 0 unspecified atom stereocenters. The highest BCUT2D eigenvalue weighted by atomic mass is 32.1. The monoisotopic (exact) mass is 280 g/mol. The summed E-state index contributed by atoms with van der Waals surface area (Å²) in [4.78, 5) is 21.2. The van der Waals surface area contributed by atoms with Gasteiger partial charge in [0.05, 0.1) is 18.3 Å². The van der Waals surface area contributed by atoms with Crippen molar-refractivity contribution in [1.82, 2.24) is 9.97 Å². The fraction of sp³-hybridized carbons (Fsp3) is 0.462. The second kappa shape index (κ2) is 4.77. The van der Waals surface area contributed by atoms with Crippen LogP contribution in [0.3, 0.4) is 0 Å². The van der Waals surface area contributed by atoms with E-state index in [1.54, 1.807) is 6.20 Å². The first-order valence-corrected chi connectivity index (χ1v) is 6.67. The number of methoxy groups -OCH3 is 1. The maximum atomic E-state index is 11.8. The standard InChI is InChI=1S/C13H16N2O3S/c1-7-14-6-8(19-7)11-15-10(13(2,3)4)9(18-11)12(16)17-5/h6H,1-5H3. The van der Waals surface area contributed by atoms with Crippen LogP contribution in [0.15, 0.2) is 10.6 Å². The quantitative estimate of drug-likeness (QED) is 0.790. The van der Waals surface area contributed by atoms with E-state index in [1.807, 2.05) is 27.7 Å².